The molecule has 4 saturated heterocycles. The van der Waals surface area contributed by atoms with E-state index in [9.17, 15) is 9.59 Å². The van der Waals surface area contributed by atoms with Gasteiger partial charge in [-0.3, -0.25) is 4.79 Å². The van der Waals surface area contributed by atoms with Crippen molar-refractivity contribution in [3.05, 3.63) is 0 Å². The molecule has 0 aliphatic carbocycles. The van der Waals surface area contributed by atoms with Gasteiger partial charge in [0.1, 0.15) is 11.7 Å². The first-order chi connectivity index (χ1) is 14.1. The monoisotopic (exact) mass is 408 g/mol. The van der Waals surface area contributed by atoms with Crippen LogP contribution in [0.1, 0.15) is 39.0 Å². The van der Waals surface area contributed by atoms with Crippen molar-refractivity contribution >= 4 is 12.0 Å². The third kappa shape index (κ3) is 4.86. The highest BCUT2D eigenvalue weighted by molar-refractivity contribution is 5.81. The number of carbonyl (C=O) groups excluding carboxylic acids is 2. The van der Waals surface area contributed by atoms with Crippen molar-refractivity contribution in [2.24, 2.45) is 0 Å². The summed E-state index contributed by atoms with van der Waals surface area (Å²) >= 11 is 0. The lowest BCUT2D eigenvalue weighted by molar-refractivity contribution is -0.144. The number of likely N-dealkylation sites (tertiary alicyclic amines) is 1. The van der Waals surface area contributed by atoms with Crippen molar-refractivity contribution in [2.45, 2.75) is 50.7 Å². The third-order valence-corrected chi connectivity index (χ3v) is 7.05. The van der Waals surface area contributed by atoms with E-state index in [4.69, 9.17) is 9.47 Å². The van der Waals surface area contributed by atoms with Crippen LogP contribution in [0.5, 0.6) is 0 Å². The minimum Gasteiger partial charge on any atom is -0.441 e. The molecule has 4 rings (SSSR count). The van der Waals surface area contributed by atoms with Gasteiger partial charge in [0.2, 0.25) is 0 Å². The molecule has 8 heteroatoms. The van der Waals surface area contributed by atoms with Gasteiger partial charge < -0.3 is 29.1 Å². The van der Waals surface area contributed by atoms with Crippen molar-refractivity contribution in [1.82, 2.24) is 19.6 Å². The molecular weight excluding hydrogens is 372 g/mol. The first-order valence-corrected chi connectivity index (χ1v) is 11.4. The van der Waals surface area contributed by atoms with E-state index in [0.717, 1.165) is 77.9 Å². The second-order valence-corrected chi connectivity index (χ2v) is 8.93. The zero-order valence-corrected chi connectivity index (χ0v) is 17.8. The van der Waals surface area contributed by atoms with Gasteiger partial charge in [0.25, 0.3) is 5.91 Å². The first-order valence-electron chi connectivity index (χ1n) is 11.4. The summed E-state index contributed by atoms with van der Waals surface area (Å²) in [5.41, 5.74) is -0.406. The standard InChI is InChI=1S/C21H36N4O4/c1-2-22-12-14-23(15-13-22)8-4-9-25-17-21(29-20(25)27)6-10-24(11-7-21)19(26)18-5-3-16-28-18/h18H,2-17H2,1H3/t18-/m1/s1. The van der Waals surface area contributed by atoms with Crippen LogP contribution in [0, 0.1) is 0 Å². The smallest absolute Gasteiger partial charge is 0.410 e. The van der Waals surface area contributed by atoms with Crippen LogP contribution in [0.25, 0.3) is 0 Å². The SMILES string of the molecule is CCN1CCN(CCCN2CC3(CCN(C(=O)[C@H]4CCCO4)CC3)OC2=O)CC1. The maximum Gasteiger partial charge on any atom is 0.410 e. The van der Waals surface area contributed by atoms with Gasteiger partial charge in [-0.25, -0.2) is 4.79 Å². The summed E-state index contributed by atoms with van der Waals surface area (Å²) in [4.78, 5) is 33.7. The Balaban J connectivity index is 1.19. The summed E-state index contributed by atoms with van der Waals surface area (Å²) < 4.78 is 11.4. The normalized spacial score (nSPS) is 28.3. The lowest BCUT2D eigenvalue weighted by Crippen LogP contribution is -2.51. The zero-order chi connectivity index (χ0) is 20.3. The third-order valence-electron chi connectivity index (χ3n) is 7.05. The molecule has 4 aliphatic rings. The van der Waals surface area contributed by atoms with Gasteiger partial charge >= 0.3 is 6.09 Å². The first kappa shape index (κ1) is 20.9. The van der Waals surface area contributed by atoms with Crippen LogP contribution < -0.4 is 0 Å². The van der Waals surface area contributed by atoms with Gasteiger partial charge in [-0.05, 0) is 32.4 Å². The fraction of sp³-hybridized carbons (Fsp3) is 0.905. The fourth-order valence-corrected chi connectivity index (χ4v) is 5.05. The van der Waals surface area contributed by atoms with Crippen LogP contribution >= 0.6 is 0 Å². The predicted molar refractivity (Wildman–Crippen MR) is 109 cm³/mol. The Morgan fingerprint density at radius 3 is 2.45 bits per heavy atom. The molecular formula is C21H36N4O4. The van der Waals surface area contributed by atoms with E-state index in [-0.39, 0.29) is 18.1 Å². The Kier molecular flexibility index (Phi) is 6.61. The molecule has 1 spiro atoms. The van der Waals surface area contributed by atoms with E-state index < -0.39 is 5.60 Å². The van der Waals surface area contributed by atoms with E-state index in [2.05, 4.69) is 16.7 Å². The van der Waals surface area contributed by atoms with Gasteiger partial charge in [0.05, 0.1) is 6.54 Å². The average Bonchev–Trinajstić information content (AvgIpc) is 3.38. The topological polar surface area (TPSA) is 65.6 Å². The summed E-state index contributed by atoms with van der Waals surface area (Å²) in [6, 6.07) is 0. The molecule has 2 amide bonds. The van der Waals surface area contributed by atoms with Gasteiger partial charge in [-0.2, -0.15) is 0 Å². The lowest BCUT2D eigenvalue weighted by Gasteiger charge is -2.38. The average molecular weight is 409 g/mol. The number of rotatable bonds is 6. The summed E-state index contributed by atoms with van der Waals surface area (Å²) in [6.07, 6.45) is 3.80. The van der Waals surface area contributed by atoms with Crippen LogP contribution in [0.2, 0.25) is 0 Å². The van der Waals surface area contributed by atoms with Crippen LogP contribution in [-0.4, -0.2) is 115 Å². The molecule has 0 radical (unpaired) electrons. The van der Waals surface area contributed by atoms with Crippen molar-refractivity contribution < 1.29 is 19.1 Å². The Bertz CT molecular complexity index is 579. The Labute approximate surface area is 174 Å². The predicted octanol–water partition coefficient (Wildman–Crippen LogP) is 1.01. The lowest BCUT2D eigenvalue weighted by atomic mass is 9.91. The molecule has 4 aliphatic heterocycles. The number of hydrogen-bond acceptors (Lipinski definition) is 6. The largest absolute Gasteiger partial charge is 0.441 e. The summed E-state index contributed by atoms with van der Waals surface area (Å²) in [7, 11) is 0. The molecule has 0 saturated carbocycles. The minimum atomic E-state index is -0.406. The van der Waals surface area contributed by atoms with Gasteiger partial charge in [-0.1, -0.05) is 6.92 Å². The second-order valence-electron chi connectivity index (χ2n) is 8.93. The number of ether oxygens (including phenoxy) is 2. The van der Waals surface area contributed by atoms with Crippen molar-refractivity contribution in [3.63, 3.8) is 0 Å². The molecule has 1 atom stereocenters. The van der Waals surface area contributed by atoms with E-state index in [1.54, 1.807) is 0 Å². The van der Waals surface area contributed by atoms with E-state index in [1.165, 1.54) is 0 Å². The molecule has 0 aromatic carbocycles. The Hall–Kier alpha value is -1.38. The van der Waals surface area contributed by atoms with Crippen LogP contribution in [0.3, 0.4) is 0 Å². The summed E-state index contributed by atoms with van der Waals surface area (Å²) in [6.45, 7) is 12.3. The minimum absolute atomic E-state index is 0.113. The number of likely N-dealkylation sites (N-methyl/N-ethyl adjacent to an activating group) is 1. The Morgan fingerprint density at radius 1 is 1.07 bits per heavy atom. The highest BCUT2D eigenvalue weighted by Gasteiger charge is 2.47. The van der Waals surface area contributed by atoms with E-state index in [1.807, 2.05) is 9.80 Å². The van der Waals surface area contributed by atoms with E-state index in [0.29, 0.717) is 26.2 Å². The van der Waals surface area contributed by atoms with Gasteiger partial charge in [0, 0.05) is 65.3 Å². The summed E-state index contributed by atoms with van der Waals surface area (Å²) in [5.74, 6) is 0.113. The zero-order valence-electron chi connectivity index (χ0n) is 17.8. The van der Waals surface area contributed by atoms with Gasteiger partial charge in [-0.15, -0.1) is 0 Å². The maximum absolute atomic E-state index is 12.5. The van der Waals surface area contributed by atoms with E-state index >= 15 is 0 Å². The highest BCUT2D eigenvalue weighted by atomic mass is 16.6. The molecule has 0 aromatic heterocycles. The second kappa shape index (κ2) is 9.18. The molecule has 0 unspecified atom stereocenters. The number of piperidine rings is 1. The van der Waals surface area contributed by atoms with Gasteiger partial charge in [0.15, 0.2) is 0 Å². The molecule has 0 aromatic rings. The number of nitrogens with zero attached hydrogens (tertiary/aromatic N) is 4. The molecule has 4 heterocycles. The molecule has 164 valence electrons. The van der Waals surface area contributed by atoms with Crippen molar-refractivity contribution in [1.29, 1.82) is 0 Å². The van der Waals surface area contributed by atoms with Crippen LogP contribution in [0.4, 0.5) is 4.79 Å². The molecule has 8 nitrogen and oxygen atoms in total. The van der Waals surface area contributed by atoms with Crippen molar-refractivity contribution in [3.8, 4) is 0 Å². The number of hydrogen-bond donors (Lipinski definition) is 0. The van der Waals surface area contributed by atoms with Crippen LogP contribution in [-0.2, 0) is 14.3 Å². The molecule has 0 bridgehead atoms. The van der Waals surface area contributed by atoms with Crippen LogP contribution in [0.15, 0.2) is 0 Å². The number of amides is 2. The maximum atomic E-state index is 12.5. The quantitative estimate of drug-likeness (QED) is 0.654. The summed E-state index contributed by atoms with van der Waals surface area (Å²) in [5, 5.41) is 0. The number of piperazine rings is 1. The van der Waals surface area contributed by atoms with Crippen molar-refractivity contribution in [2.75, 3.05) is 72.1 Å². The molecule has 29 heavy (non-hydrogen) atoms. The highest BCUT2D eigenvalue weighted by Crippen LogP contribution is 2.34. The molecule has 0 N–H and O–H groups in total. The fourth-order valence-electron chi connectivity index (χ4n) is 5.05. The molecule has 4 fully saturated rings. The number of carbonyl (C=O) groups is 2. The Morgan fingerprint density at radius 2 is 1.79 bits per heavy atom.